The molecule has 20 heavy (non-hydrogen) atoms. The summed E-state index contributed by atoms with van der Waals surface area (Å²) in [5.74, 6) is -1.67. The first-order valence-electron chi connectivity index (χ1n) is 6.25. The van der Waals surface area contributed by atoms with Gasteiger partial charge in [-0.05, 0) is 31.5 Å². The minimum Gasteiger partial charge on any atom is -0.464 e. The largest absolute Gasteiger partial charge is 0.464 e. The number of benzene rings is 1. The van der Waals surface area contributed by atoms with E-state index in [0.717, 1.165) is 12.1 Å². The van der Waals surface area contributed by atoms with Crippen molar-refractivity contribution in [1.29, 1.82) is 0 Å². The molecule has 0 saturated carbocycles. The quantitative estimate of drug-likeness (QED) is 0.645. The van der Waals surface area contributed by atoms with Crippen LogP contribution in [0, 0.1) is 5.82 Å². The van der Waals surface area contributed by atoms with E-state index < -0.39 is 23.6 Å². The first-order chi connectivity index (χ1) is 9.31. The molecule has 0 aliphatic rings. The Bertz CT molecular complexity index is 484. The Hall–Kier alpha value is -1.75. The number of allylic oxidation sites excluding steroid dienone is 1. The number of aliphatic hydroxyl groups excluding tert-OH is 1. The summed E-state index contributed by atoms with van der Waals surface area (Å²) in [4.78, 5) is 11.8. The molecule has 5 heteroatoms. The second-order valence-electron chi connectivity index (χ2n) is 4.67. The maximum atomic E-state index is 14.9. The van der Waals surface area contributed by atoms with Crippen molar-refractivity contribution >= 4 is 5.97 Å². The van der Waals surface area contributed by atoms with E-state index >= 15 is 0 Å². The van der Waals surface area contributed by atoms with Gasteiger partial charge < -0.3 is 9.84 Å². The standard InChI is InChI=1S/C15H18F2O3/c1-4-20-14(19)15(17,9-10(2)3)13(18)11-5-7-12(16)8-6-11/h5-8,13,18H,2,4,9H2,1,3H3/t13-,15+/m1/s1. The summed E-state index contributed by atoms with van der Waals surface area (Å²) < 4.78 is 32.5. The predicted octanol–water partition coefficient (Wildman–Crippen LogP) is 3.10. The predicted molar refractivity (Wildman–Crippen MR) is 71.3 cm³/mol. The molecule has 2 atom stereocenters. The van der Waals surface area contributed by atoms with Crippen LogP contribution in [-0.4, -0.2) is 23.4 Å². The van der Waals surface area contributed by atoms with Gasteiger partial charge in [0.25, 0.3) is 0 Å². The average Bonchev–Trinajstić information content (AvgIpc) is 2.38. The van der Waals surface area contributed by atoms with Crippen LogP contribution in [0.2, 0.25) is 0 Å². The molecule has 0 fully saturated rings. The number of carbonyl (C=O) groups is 1. The second-order valence-corrected chi connectivity index (χ2v) is 4.67. The van der Waals surface area contributed by atoms with Gasteiger partial charge in [0.15, 0.2) is 0 Å². The number of alkyl halides is 1. The van der Waals surface area contributed by atoms with Gasteiger partial charge in [-0.15, -0.1) is 6.58 Å². The highest BCUT2D eigenvalue weighted by Gasteiger charge is 2.48. The number of ether oxygens (including phenoxy) is 1. The lowest BCUT2D eigenvalue weighted by molar-refractivity contribution is -0.166. The summed E-state index contributed by atoms with van der Waals surface area (Å²) in [6.07, 6.45) is -2.12. The molecule has 1 aromatic rings. The van der Waals surface area contributed by atoms with E-state index in [1.807, 2.05) is 0 Å². The number of esters is 1. The summed E-state index contributed by atoms with van der Waals surface area (Å²) in [5, 5.41) is 10.1. The Morgan fingerprint density at radius 1 is 1.45 bits per heavy atom. The molecule has 110 valence electrons. The molecule has 1 N–H and O–H groups in total. The van der Waals surface area contributed by atoms with Crippen LogP contribution in [0.5, 0.6) is 0 Å². The Balaban J connectivity index is 3.12. The number of hydrogen-bond donors (Lipinski definition) is 1. The lowest BCUT2D eigenvalue weighted by atomic mass is 9.87. The van der Waals surface area contributed by atoms with Crippen LogP contribution in [0.1, 0.15) is 31.9 Å². The molecule has 3 nitrogen and oxygen atoms in total. The van der Waals surface area contributed by atoms with Crippen molar-refractivity contribution in [2.45, 2.75) is 32.0 Å². The topological polar surface area (TPSA) is 46.5 Å². The Kier molecular flexibility index (Phi) is 5.39. The van der Waals surface area contributed by atoms with Crippen molar-refractivity contribution in [3.8, 4) is 0 Å². The number of rotatable bonds is 6. The molecule has 0 heterocycles. The summed E-state index contributed by atoms with van der Waals surface area (Å²) in [5.41, 5.74) is -2.15. The van der Waals surface area contributed by atoms with Gasteiger partial charge in [-0.2, -0.15) is 0 Å². The van der Waals surface area contributed by atoms with Crippen molar-refractivity contribution in [2.24, 2.45) is 0 Å². The molecule has 1 aromatic carbocycles. The number of halogens is 2. The lowest BCUT2D eigenvalue weighted by Gasteiger charge is -2.28. The summed E-state index contributed by atoms with van der Waals surface area (Å²) in [7, 11) is 0. The number of carbonyl (C=O) groups excluding carboxylic acids is 1. The Labute approximate surface area is 116 Å². The van der Waals surface area contributed by atoms with E-state index in [0.29, 0.717) is 5.57 Å². The van der Waals surface area contributed by atoms with Crippen LogP contribution in [-0.2, 0) is 9.53 Å². The minimum atomic E-state index is -2.64. The van der Waals surface area contributed by atoms with Crippen LogP contribution >= 0.6 is 0 Å². The van der Waals surface area contributed by atoms with Gasteiger partial charge >= 0.3 is 5.97 Å². The number of hydrogen-bond acceptors (Lipinski definition) is 3. The monoisotopic (exact) mass is 284 g/mol. The van der Waals surface area contributed by atoms with Gasteiger partial charge in [0.05, 0.1) is 6.61 Å². The van der Waals surface area contributed by atoms with Crippen LogP contribution in [0.3, 0.4) is 0 Å². The van der Waals surface area contributed by atoms with Crippen molar-refractivity contribution in [3.05, 3.63) is 47.8 Å². The highest BCUT2D eigenvalue weighted by molar-refractivity contribution is 5.81. The third kappa shape index (κ3) is 3.63. The zero-order chi connectivity index (χ0) is 15.3. The molecule has 0 aliphatic heterocycles. The van der Waals surface area contributed by atoms with E-state index in [1.165, 1.54) is 12.1 Å². The molecule has 0 spiro atoms. The van der Waals surface area contributed by atoms with Crippen molar-refractivity contribution in [2.75, 3.05) is 6.61 Å². The van der Waals surface area contributed by atoms with Crippen LogP contribution in [0.25, 0.3) is 0 Å². The molecule has 0 amide bonds. The van der Waals surface area contributed by atoms with Crippen LogP contribution in [0.15, 0.2) is 36.4 Å². The van der Waals surface area contributed by atoms with E-state index in [2.05, 4.69) is 11.3 Å². The molecular formula is C15H18F2O3. The summed E-state index contributed by atoms with van der Waals surface area (Å²) >= 11 is 0. The van der Waals surface area contributed by atoms with Crippen LogP contribution < -0.4 is 0 Å². The van der Waals surface area contributed by atoms with E-state index in [-0.39, 0.29) is 18.6 Å². The van der Waals surface area contributed by atoms with Gasteiger partial charge in [-0.25, -0.2) is 13.6 Å². The van der Waals surface area contributed by atoms with Gasteiger partial charge in [-0.3, -0.25) is 0 Å². The molecule has 0 aromatic heterocycles. The molecule has 0 saturated heterocycles. The fraction of sp³-hybridized carbons (Fsp3) is 0.400. The lowest BCUT2D eigenvalue weighted by Crippen LogP contribution is -2.42. The second kappa shape index (κ2) is 6.61. The zero-order valence-corrected chi connectivity index (χ0v) is 11.5. The van der Waals surface area contributed by atoms with E-state index in [1.54, 1.807) is 13.8 Å². The highest BCUT2D eigenvalue weighted by atomic mass is 19.1. The first-order valence-corrected chi connectivity index (χ1v) is 6.25. The normalized spacial score (nSPS) is 15.2. The SMILES string of the molecule is C=C(C)C[C@@](F)(C(=O)OCC)[C@H](O)c1ccc(F)cc1. The maximum absolute atomic E-state index is 14.9. The van der Waals surface area contributed by atoms with Crippen molar-refractivity contribution < 1.29 is 23.4 Å². The Morgan fingerprint density at radius 3 is 2.45 bits per heavy atom. The molecule has 0 bridgehead atoms. The van der Waals surface area contributed by atoms with E-state index in [4.69, 9.17) is 0 Å². The highest BCUT2D eigenvalue weighted by Crippen LogP contribution is 2.36. The van der Waals surface area contributed by atoms with Crippen molar-refractivity contribution in [1.82, 2.24) is 0 Å². The smallest absolute Gasteiger partial charge is 0.347 e. The van der Waals surface area contributed by atoms with Crippen molar-refractivity contribution in [3.63, 3.8) is 0 Å². The first kappa shape index (κ1) is 16.3. The molecule has 0 unspecified atom stereocenters. The van der Waals surface area contributed by atoms with E-state index in [9.17, 15) is 18.7 Å². The van der Waals surface area contributed by atoms with Gasteiger partial charge in [-0.1, -0.05) is 17.7 Å². The number of aliphatic hydroxyl groups is 1. The van der Waals surface area contributed by atoms with Crippen LogP contribution in [0.4, 0.5) is 8.78 Å². The Morgan fingerprint density at radius 2 is 2.00 bits per heavy atom. The molecule has 0 aliphatic carbocycles. The van der Waals surface area contributed by atoms with Gasteiger partial charge in [0, 0.05) is 6.42 Å². The maximum Gasteiger partial charge on any atom is 0.347 e. The van der Waals surface area contributed by atoms with Gasteiger partial charge in [0.2, 0.25) is 5.67 Å². The molecule has 0 radical (unpaired) electrons. The zero-order valence-electron chi connectivity index (χ0n) is 11.5. The van der Waals surface area contributed by atoms with Gasteiger partial charge in [0.1, 0.15) is 11.9 Å². The minimum absolute atomic E-state index is 0.00314. The third-order valence-electron chi connectivity index (χ3n) is 2.79. The summed E-state index contributed by atoms with van der Waals surface area (Å²) in [6.45, 7) is 6.64. The molecular weight excluding hydrogens is 266 g/mol. The summed E-state index contributed by atoms with van der Waals surface area (Å²) in [6, 6.07) is 4.63. The average molecular weight is 284 g/mol. The fourth-order valence-electron chi connectivity index (χ4n) is 1.88. The fourth-order valence-corrected chi connectivity index (χ4v) is 1.88. The molecule has 1 rings (SSSR count). The third-order valence-corrected chi connectivity index (χ3v) is 2.79.